The van der Waals surface area contributed by atoms with Gasteiger partial charge in [-0.2, -0.15) is 0 Å². The first-order valence-corrected chi connectivity index (χ1v) is 8.04. The number of hydrogen-bond acceptors (Lipinski definition) is 1. The van der Waals surface area contributed by atoms with E-state index >= 15 is 0 Å². The molecule has 0 aromatic heterocycles. The molecule has 2 aromatic rings. The molecule has 0 radical (unpaired) electrons. The molecule has 5 heteroatoms. The van der Waals surface area contributed by atoms with E-state index in [1.54, 1.807) is 6.07 Å². The standard InChI is InChI=1S/C15H13Br2ClFN/c1-20-14(10-5-11(16)8-12(18)6-10)7-9-3-2-4-13(19)15(9)17/h2-6,8,14,20H,7H2,1H3. The Morgan fingerprint density at radius 1 is 1.25 bits per heavy atom. The van der Waals surface area contributed by atoms with Crippen LogP contribution in [0.3, 0.4) is 0 Å². The normalized spacial score (nSPS) is 12.4. The van der Waals surface area contributed by atoms with Gasteiger partial charge in [-0.25, -0.2) is 4.39 Å². The fourth-order valence-corrected chi connectivity index (χ4v) is 3.40. The van der Waals surface area contributed by atoms with Crippen molar-refractivity contribution in [3.63, 3.8) is 0 Å². The lowest BCUT2D eigenvalue weighted by atomic mass is 9.99. The Kier molecular flexibility index (Phi) is 5.61. The molecular weight excluding hydrogens is 408 g/mol. The second-order valence-electron chi connectivity index (χ2n) is 4.46. The van der Waals surface area contributed by atoms with Crippen LogP contribution < -0.4 is 5.32 Å². The molecule has 0 fully saturated rings. The Bertz CT molecular complexity index is 599. The summed E-state index contributed by atoms with van der Waals surface area (Å²) in [5.74, 6) is -0.246. The molecule has 0 aliphatic heterocycles. The predicted octanol–water partition coefficient (Wildman–Crippen LogP) is 5.51. The molecule has 2 rings (SSSR count). The van der Waals surface area contributed by atoms with Gasteiger partial charge in [0.05, 0.1) is 4.47 Å². The average Bonchev–Trinajstić information content (AvgIpc) is 2.39. The number of rotatable bonds is 4. The van der Waals surface area contributed by atoms with Gasteiger partial charge in [-0.3, -0.25) is 0 Å². The number of halogens is 4. The molecule has 0 bridgehead atoms. The van der Waals surface area contributed by atoms with Crippen molar-refractivity contribution in [2.24, 2.45) is 0 Å². The van der Waals surface area contributed by atoms with Crippen molar-refractivity contribution < 1.29 is 4.39 Å². The maximum Gasteiger partial charge on any atom is 0.137 e. The molecule has 0 spiro atoms. The van der Waals surface area contributed by atoms with Crippen molar-refractivity contribution in [1.82, 2.24) is 5.32 Å². The van der Waals surface area contributed by atoms with Crippen LogP contribution in [0.4, 0.5) is 4.39 Å². The lowest BCUT2D eigenvalue weighted by Gasteiger charge is -2.18. The van der Waals surface area contributed by atoms with E-state index < -0.39 is 0 Å². The van der Waals surface area contributed by atoms with Crippen molar-refractivity contribution in [1.29, 1.82) is 0 Å². The summed E-state index contributed by atoms with van der Waals surface area (Å²) in [6.45, 7) is 0. The van der Waals surface area contributed by atoms with Gasteiger partial charge in [0.2, 0.25) is 0 Å². The second-order valence-corrected chi connectivity index (χ2v) is 6.61. The number of nitrogens with one attached hydrogen (secondary N) is 1. The van der Waals surface area contributed by atoms with Gasteiger partial charge in [0.1, 0.15) is 5.82 Å². The maximum absolute atomic E-state index is 13.6. The van der Waals surface area contributed by atoms with Gasteiger partial charge in [-0.15, -0.1) is 0 Å². The molecule has 0 aliphatic carbocycles. The third-order valence-corrected chi connectivity index (χ3v) is 4.66. The second kappa shape index (κ2) is 7.03. The summed E-state index contributed by atoms with van der Waals surface area (Å²) < 4.78 is 15.0. The van der Waals surface area contributed by atoms with E-state index in [1.807, 2.05) is 31.3 Å². The van der Waals surface area contributed by atoms with Gasteiger partial charge in [0.25, 0.3) is 0 Å². The third-order valence-electron chi connectivity index (χ3n) is 3.09. The Labute approximate surface area is 139 Å². The molecule has 1 N–H and O–H groups in total. The van der Waals surface area contributed by atoms with Crippen molar-refractivity contribution in [3.8, 4) is 0 Å². The summed E-state index contributed by atoms with van der Waals surface area (Å²) in [6, 6.07) is 10.9. The SMILES string of the molecule is CNC(Cc1cccc(F)c1Br)c1cc(Cl)cc(Br)c1. The fraction of sp³-hybridized carbons (Fsp3) is 0.200. The van der Waals surface area contributed by atoms with E-state index in [-0.39, 0.29) is 11.9 Å². The van der Waals surface area contributed by atoms with Crippen LogP contribution in [0.25, 0.3) is 0 Å². The Balaban J connectivity index is 2.31. The highest BCUT2D eigenvalue weighted by Crippen LogP contribution is 2.29. The van der Waals surface area contributed by atoms with Crippen LogP contribution in [-0.4, -0.2) is 7.05 Å². The lowest BCUT2D eigenvalue weighted by molar-refractivity contribution is 0.580. The fourth-order valence-electron chi connectivity index (χ4n) is 2.09. The summed E-state index contributed by atoms with van der Waals surface area (Å²) in [4.78, 5) is 0. The van der Waals surface area contributed by atoms with E-state index in [0.29, 0.717) is 15.9 Å². The largest absolute Gasteiger partial charge is 0.313 e. The van der Waals surface area contributed by atoms with E-state index in [9.17, 15) is 4.39 Å². The smallest absolute Gasteiger partial charge is 0.137 e. The Morgan fingerprint density at radius 2 is 2.00 bits per heavy atom. The van der Waals surface area contributed by atoms with Crippen LogP contribution in [0.1, 0.15) is 17.2 Å². The minimum absolute atomic E-state index is 0.0584. The first-order valence-electron chi connectivity index (χ1n) is 6.07. The van der Waals surface area contributed by atoms with Crippen LogP contribution >= 0.6 is 43.5 Å². The molecule has 1 nitrogen and oxygen atoms in total. The maximum atomic E-state index is 13.6. The highest BCUT2D eigenvalue weighted by atomic mass is 79.9. The molecule has 106 valence electrons. The van der Waals surface area contributed by atoms with Crippen LogP contribution in [0.5, 0.6) is 0 Å². The quantitative estimate of drug-likeness (QED) is 0.687. The molecule has 20 heavy (non-hydrogen) atoms. The van der Waals surface area contributed by atoms with Crippen molar-refractivity contribution >= 4 is 43.5 Å². The lowest BCUT2D eigenvalue weighted by Crippen LogP contribution is -2.19. The molecule has 0 saturated heterocycles. The molecule has 1 unspecified atom stereocenters. The number of likely N-dealkylation sites (N-methyl/N-ethyl adjacent to an activating group) is 1. The van der Waals surface area contributed by atoms with Crippen molar-refractivity contribution in [2.45, 2.75) is 12.5 Å². The minimum atomic E-state index is -0.246. The van der Waals surface area contributed by atoms with E-state index in [4.69, 9.17) is 11.6 Å². The summed E-state index contributed by atoms with van der Waals surface area (Å²) in [5.41, 5.74) is 1.98. The van der Waals surface area contributed by atoms with Gasteiger partial charge in [-0.05, 0) is 64.8 Å². The van der Waals surface area contributed by atoms with E-state index in [1.165, 1.54) is 6.07 Å². The molecular formula is C15H13Br2ClFN. The Morgan fingerprint density at radius 3 is 2.65 bits per heavy atom. The average molecular weight is 422 g/mol. The third kappa shape index (κ3) is 3.82. The van der Waals surface area contributed by atoms with Gasteiger partial charge >= 0.3 is 0 Å². The minimum Gasteiger partial charge on any atom is -0.313 e. The Hall–Kier alpha value is -0.420. The van der Waals surface area contributed by atoms with Crippen molar-refractivity contribution in [3.05, 3.63) is 67.3 Å². The summed E-state index contributed by atoms with van der Waals surface area (Å²) in [6.07, 6.45) is 0.668. The zero-order valence-corrected chi connectivity index (χ0v) is 14.7. The van der Waals surface area contributed by atoms with Gasteiger partial charge in [0, 0.05) is 15.5 Å². The molecule has 2 aromatic carbocycles. The van der Waals surface area contributed by atoms with Crippen LogP contribution in [0.15, 0.2) is 45.3 Å². The highest BCUT2D eigenvalue weighted by molar-refractivity contribution is 9.10. The topological polar surface area (TPSA) is 12.0 Å². The first kappa shape index (κ1) is 16.0. The molecule has 0 amide bonds. The molecule has 0 saturated carbocycles. The molecule has 0 aliphatic rings. The van der Waals surface area contributed by atoms with Crippen LogP contribution in [-0.2, 0) is 6.42 Å². The molecule has 1 atom stereocenters. The zero-order chi connectivity index (χ0) is 14.7. The van der Waals surface area contributed by atoms with Crippen molar-refractivity contribution in [2.75, 3.05) is 7.05 Å². The van der Waals surface area contributed by atoms with E-state index in [2.05, 4.69) is 37.2 Å². The summed E-state index contributed by atoms with van der Waals surface area (Å²) in [5, 5.41) is 3.92. The van der Waals surface area contributed by atoms with Crippen LogP contribution in [0, 0.1) is 5.82 Å². The van der Waals surface area contributed by atoms with Crippen LogP contribution in [0.2, 0.25) is 5.02 Å². The number of hydrogen-bond donors (Lipinski definition) is 1. The van der Waals surface area contributed by atoms with Gasteiger partial charge in [0.15, 0.2) is 0 Å². The summed E-state index contributed by atoms with van der Waals surface area (Å²) in [7, 11) is 1.88. The first-order chi connectivity index (χ1) is 9.51. The van der Waals surface area contributed by atoms with Gasteiger partial charge in [-0.1, -0.05) is 39.7 Å². The van der Waals surface area contributed by atoms with Gasteiger partial charge < -0.3 is 5.32 Å². The highest BCUT2D eigenvalue weighted by Gasteiger charge is 2.14. The van der Waals surface area contributed by atoms with E-state index in [0.717, 1.165) is 15.6 Å². The monoisotopic (exact) mass is 419 g/mol. The predicted molar refractivity (Wildman–Crippen MR) is 88.8 cm³/mol. The zero-order valence-electron chi connectivity index (χ0n) is 10.8. The molecule has 0 heterocycles. The summed E-state index contributed by atoms with van der Waals surface area (Å²) >= 11 is 12.8. The number of benzene rings is 2.